The number of rotatable bonds is 4. The summed E-state index contributed by atoms with van der Waals surface area (Å²) in [5.74, 6) is 1.15. The van der Waals surface area contributed by atoms with Gasteiger partial charge in [-0.2, -0.15) is 0 Å². The first kappa shape index (κ1) is 14.1. The van der Waals surface area contributed by atoms with Crippen LogP contribution in [-0.4, -0.2) is 11.3 Å². The fraction of sp³-hybridized carbons (Fsp3) is 0.143. The van der Waals surface area contributed by atoms with Crippen molar-refractivity contribution < 1.29 is 8.95 Å². The summed E-state index contributed by atoms with van der Waals surface area (Å²) < 4.78 is 18.5. The van der Waals surface area contributed by atoms with Crippen LogP contribution in [0.15, 0.2) is 51.8 Å². The highest BCUT2D eigenvalue weighted by atomic mass is 79.9. The van der Waals surface area contributed by atoms with Crippen LogP contribution in [-0.2, 0) is 16.6 Å². The lowest BCUT2D eigenvalue weighted by molar-refractivity contribution is 0.411. The van der Waals surface area contributed by atoms with E-state index in [0.717, 1.165) is 20.7 Å². The van der Waals surface area contributed by atoms with Crippen LogP contribution in [0.4, 0.5) is 5.69 Å². The van der Waals surface area contributed by atoms with Crippen LogP contribution in [0.3, 0.4) is 0 Å². The van der Waals surface area contributed by atoms with E-state index in [4.69, 9.17) is 10.5 Å². The molecule has 0 aromatic heterocycles. The number of ether oxygens (including phenoxy) is 1. The second-order valence-electron chi connectivity index (χ2n) is 4.02. The maximum atomic E-state index is 12.3. The molecule has 0 saturated heterocycles. The van der Waals surface area contributed by atoms with Gasteiger partial charge in [0.25, 0.3) is 0 Å². The van der Waals surface area contributed by atoms with Crippen molar-refractivity contribution in [1.29, 1.82) is 0 Å². The molecule has 1 unspecified atom stereocenters. The highest BCUT2D eigenvalue weighted by Gasteiger charge is 2.10. The number of halogens is 1. The maximum absolute atomic E-state index is 12.3. The highest BCUT2D eigenvalue weighted by Crippen LogP contribution is 2.25. The van der Waals surface area contributed by atoms with Crippen molar-refractivity contribution in [3.8, 4) is 5.75 Å². The Morgan fingerprint density at radius 2 is 1.89 bits per heavy atom. The topological polar surface area (TPSA) is 52.3 Å². The molecule has 3 nitrogen and oxygen atoms in total. The Bertz CT molecular complexity index is 599. The number of anilines is 1. The van der Waals surface area contributed by atoms with Gasteiger partial charge >= 0.3 is 0 Å². The zero-order chi connectivity index (χ0) is 13.8. The molecule has 0 aliphatic carbocycles. The van der Waals surface area contributed by atoms with Gasteiger partial charge in [0.2, 0.25) is 0 Å². The van der Waals surface area contributed by atoms with Crippen LogP contribution < -0.4 is 10.5 Å². The molecule has 0 aliphatic heterocycles. The largest absolute Gasteiger partial charge is 0.496 e. The fourth-order valence-corrected chi connectivity index (χ4v) is 3.23. The first-order valence-electron chi connectivity index (χ1n) is 5.66. The fourth-order valence-electron chi connectivity index (χ4n) is 1.70. The molecule has 19 heavy (non-hydrogen) atoms. The highest BCUT2D eigenvalue weighted by molar-refractivity contribution is 9.10. The average molecular weight is 340 g/mol. The number of nitrogens with two attached hydrogens (primary N) is 1. The van der Waals surface area contributed by atoms with Gasteiger partial charge in [0, 0.05) is 20.6 Å². The normalized spacial score (nSPS) is 12.1. The number of hydrogen-bond donors (Lipinski definition) is 1. The molecule has 0 fully saturated rings. The van der Waals surface area contributed by atoms with Gasteiger partial charge in [0.1, 0.15) is 5.75 Å². The van der Waals surface area contributed by atoms with Gasteiger partial charge < -0.3 is 10.5 Å². The number of hydrogen-bond acceptors (Lipinski definition) is 3. The summed E-state index contributed by atoms with van der Waals surface area (Å²) in [6, 6.07) is 12.8. The first-order chi connectivity index (χ1) is 9.10. The monoisotopic (exact) mass is 339 g/mol. The van der Waals surface area contributed by atoms with E-state index in [0.29, 0.717) is 11.4 Å². The maximum Gasteiger partial charge on any atom is 0.123 e. The molecule has 0 amide bonds. The molecule has 2 rings (SSSR count). The third kappa shape index (κ3) is 3.58. The van der Waals surface area contributed by atoms with E-state index in [9.17, 15) is 4.21 Å². The Balaban J connectivity index is 2.23. The van der Waals surface area contributed by atoms with E-state index in [-0.39, 0.29) is 0 Å². The summed E-state index contributed by atoms with van der Waals surface area (Å²) in [6.45, 7) is 0. The van der Waals surface area contributed by atoms with Crippen molar-refractivity contribution in [1.82, 2.24) is 0 Å². The lowest BCUT2D eigenvalue weighted by atomic mass is 10.2. The van der Waals surface area contributed by atoms with Crippen molar-refractivity contribution in [3.05, 3.63) is 52.5 Å². The Morgan fingerprint density at radius 1 is 1.21 bits per heavy atom. The van der Waals surface area contributed by atoms with Crippen molar-refractivity contribution in [3.63, 3.8) is 0 Å². The quantitative estimate of drug-likeness (QED) is 0.869. The molecule has 1 atom stereocenters. The molecule has 5 heteroatoms. The third-order valence-corrected chi connectivity index (χ3v) is 4.54. The third-order valence-electron chi connectivity index (χ3n) is 2.67. The van der Waals surface area contributed by atoms with Gasteiger partial charge in [0.15, 0.2) is 0 Å². The molecular formula is C14H14BrNO2S. The summed E-state index contributed by atoms with van der Waals surface area (Å²) in [5.41, 5.74) is 7.20. The molecule has 2 aromatic rings. The van der Waals surface area contributed by atoms with Gasteiger partial charge in [-0.25, -0.2) is 0 Å². The molecule has 2 N–H and O–H groups in total. The Morgan fingerprint density at radius 3 is 2.53 bits per heavy atom. The van der Waals surface area contributed by atoms with Gasteiger partial charge in [-0.3, -0.25) is 4.21 Å². The minimum absolute atomic E-state index is 0.409. The lowest BCUT2D eigenvalue weighted by Gasteiger charge is -2.09. The molecule has 100 valence electrons. The number of nitrogen functional groups attached to an aromatic ring is 1. The summed E-state index contributed by atoms with van der Waals surface area (Å²) in [5, 5.41) is 0. The van der Waals surface area contributed by atoms with Crippen LogP contribution in [0, 0.1) is 0 Å². The van der Waals surface area contributed by atoms with E-state index in [1.54, 1.807) is 31.4 Å². The standard InChI is InChI=1S/C14H14BrNO2S/c1-18-14-7-2-11(15)8-10(14)9-19(17)13-5-3-12(16)4-6-13/h2-8H,9,16H2,1H3. The van der Waals surface area contributed by atoms with Crippen molar-refractivity contribution >= 4 is 32.4 Å². The molecule has 0 spiro atoms. The van der Waals surface area contributed by atoms with E-state index in [2.05, 4.69) is 15.9 Å². The Kier molecular flexibility index (Phi) is 4.61. The Labute approximate surface area is 123 Å². The Hall–Kier alpha value is -1.33. The summed E-state index contributed by atoms with van der Waals surface area (Å²) in [7, 11) is 0.491. The molecule has 0 radical (unpaired) electrons. The SMILES string of the molecule is COc1ccc(Br)cc1CS(=O)c1ccc(N)cc1. The average Bonchev–Trinajstić information content (AvgIpc) is 2.39. The predicted molar refractivity (Wildman–Crippen MR) is 81.7 cm³/mol. The predicted octanol–water partition coefficient (Wildman–Crippen LogP) is 3.35. The van der Waals surface area contributed by atoms with Crippen LogP contribution in [0.1, 0.15) is 5.56 Å². The summed E-state index contributed by atoms with van der Waals surface area (Å²) >= 11 is 3.41. The van der Waals surface area contributed by atoms with Gasteiger partial charge in [-0.15, -0.1) is 0 Å². The zero-order valence-corrected chi connectivity index (χ0v) is 12.8. The van der Waals surface area contributed by atoms with E-state index in [1.165, 1.54) is 0 Å². The van der Waals surface area contributed by atoms with Gasteiger partial charge in [-0.05, 0) is 42.5 Å². The van der Waals surface area contributed by atoms with Crippen LogP contribution >= 0.6 is 15.9 Å². The lowest BCUT2D eigenvalue weighted by Crippen LogP contribution is -1.99. The number of benzene rings is 2. The van der Waals surface area contributed by atoms with Crippen molar-refractivity contribution in [2.75, 3.05) is 12.8 Å². The molecule has 0 heterocycles. The zero-order valence-electron chi connectivity index (χ0n) is 10.4. The van der Waals surface area contributed by atoms with Crippen LogP contribution in [0.5, 0.6) is 5.75 Å². The van der Waals surface area contributed by atoms with Crippen molar-refractivity contribution in [2.24, 2.45) is 0 Å². The minimum Gasteiger partial charge on any atom is -0.496 e. The second kappa shape index (κ2) is 6.21. The second-order valence-corrected chi connectivity index (χ2v) is 6.38. The van der Waals surface area contributed by atoms with Crippen LogP contribution in [0.25, 0.3) is 0 Å². The van der Waals surface area contributed by atoms with Crippen LogP contribution in [0.2, 0.25) is 0 Å². The molecule has 0 aliphatic rings. The van der Waals surface area contributed by atoms with Gasteiger partial charge in [-0.1, -0.05) is 15.9 Å². The van der Waals surface area contributed by atoms with E-state index < -0.39 is 10.8 Å². The molecule has 0 saturated carbocycles. The summed E-state index contributed by atoms with van der Waals surface area (Å²) in [4.78, 5) is 0.760. The van der Waals surface area contributed by atoms with Crippen molar-refractivity contribution in [2.45, 2.75) is 10.6 Å². The molecule has 2 aromatic carbocycles. The number of methoxy groups -OCH3 is 1. The van der Waals surface area contributed by atoms with Gasteiger partial charge in [0.05, 0.1) is 23.7 Å². The molecular weight excluding hydrogens is 326 g/mol. The summed E-state index contributed by atoms with van der Waals surface area (Å²) in [6.07, 6.45) is 0. The minimum atomic E-state index is -1.12. The van der Waals surface area contributed by atoms with E-state index in [1.807, 2.05) is 18.2 Å². The molecule has 0 bridgehead atoms. The smallest absolute Gasteiger partial charge is 0.123 e. The first-order valence-corrected chi connectivity index (χ1v) is 7.77. The van der Waals surface area contributed by atoms with E-state index >= 15 is 0 Å².